The summed E-state index contributed by atoms with van der Waals surface area (Å²) in [6.07, 6.45) is 4.66. The molecule has 0 saturated heterocycles. The van der Waals surface area contributed by atoms with Gasteiger partial charge < -0.3 is 9.84 Å². The lowest BCUT2D eigenvalue weighted by atomic mass is 10.1. The number of carbonyl (C=O) groups excluding carboxylic acids is 1. The summed E-state index contributed by atoms with van der Waals surface area (Å²) in [4.78, 5) is 12.5. The number of hydrogen-bond acceptors (Lipinski definition) is 4. The number of nitrogens with zero attached hydrogens (tertiary/aromatic N) is 1. The predicted octanol–water partition coefficient (Wildman–Crippen LogP) is 3.55. The van der Waals surface area contributed by atoms with Gasteiger partial charge in [0.2, 0.25) is 0 Å². The lowest BCUT2D eigenvalue weighted by Gasteiger charge is -2.16. The number of hydrogen-bond donors (Lipinski definition) is 3. The molecule has 0 bridgehead atoms. The quantitative estimate of drug-likeness (QED) is 0.476. The molecule has 0 atom stereocenters. The minimum atomic E-state index is -0.271. The van der Waals surface area contributed by atoms with Crippen LogP contribution in [-0.4, -0.2) is 22.2 Å². The van der Waals surface area contributed by atoms with Gasteiger partial charge in [0.15, 0.2) is 10.9 Å². The van der Waals surface area contributed by atoms with Crippen molar-refractivity contribution in [2.75, 3.05) is 0 Å². The Kier molecular flexibility index (Phi) is 5.02. The topological polar surface area (TPSA) is 79.2 Å². The molecule has 1 fully saturated rings. The van der Waals surface area contributed by atoms with Crippen molar-refractivity contribution in [3.8, 4) is 11.3 Å². The maximum absolute atomic E-state index is 12.5. The van der Waals surface area contributed by atoms with Crippen LogP contribution in [0, 0.1) is 0 Å². The molecule has 1 aliphatic carbocycles. The van der Waals surface area contributed by atoms with Gasteiger partial charge in [0, 0.05) is 17.2 Å². The lowest BCUT2D eigenvalue weighted by molar-refractivity contribution is 0.0943. The highest BCUT2D eigenvalue weighted by molar-refractivity contribution is 7.80. The average molecular weight is 380 g/mol. The molecular formula is C20H20N4O2S. The van der Waals surface area contributed by atoms with Crippen LogP contribution in [0.2, 0.25) is 0 Å². The molecule has 3 N–H and O–H groups in total. The number of thiocarbonyl (C=S) groups is 1. The number of rotatable bonds is 3. The lowest BCUT2D eigenvalue weighted by Crippen LogP contribution is -2.49. The van der Waals surface area contributed by atoms with Gasteiger partial charge in [0.05, 0.1) is 5.39 Å². The zero-order chi connectivity index (χ0) is 18.6. The van der Waals surface area contributed by atoms with E-state index >= 15 is 0 Å². The second-order valence-corrected chi connectivity index (χ2v) is 7.05. The van der Waals surface area contributed by atoms with E-state index in [1.54, 1.807) is 18.2 Å². The second kappa shape index (κ2) is 7.75. The Morgan fingerprint density at radius 3 is 2.63 bits per heavy atom. The van der Waals surface area contributed by atoms with Gasteiger partial charge >= 0.3 is 0 Å². The monoisotopic (exact) mass is 380 g/mol. The molecule has 6 nitrogen and oxygen atoms in total. The largest absolute Gasteiger partial charge is 0.359 e. The molecule has 1 amide bonds. The summed E-state index contributed by atoms with van der Waals surface area (Å²) in [5.74, 6) is 0.374. The number of carbonyl (C=O) groups is 1. The van der Waals surface area contributed by atoms with Crippen LogP contribution in [0.4, 0.5) is 0 Å². The van der Waals surface area contributed by atoms with Crippen molar-refractivity contribution in [2.24, 2.45) is 0 Å². The molecule has 3 aromatic rings. The maximum Gasteiger partial charge on any atom is 0.269 e. The zero-order valence-corrected chi connectivity index (χ0v) is 15.5. The summed E-state index contributed by atoms with van der Waals surface area (Å²) >= 11 is 5.24. The summed E-state index contributed by atoms with van der Waals surface area (Å²) in [5, 5.41) is 8.52. The summed E-state index contributed by atoms with van der Waals surface area (Å²) in [5.41, 5.74) is 7.54. The summed E-state index contributed by atoms with van der Waals surface area (Å²) < 4.78 is 5.48. The van der Waals surface area contributed by atoms with E-state index < -0.39 is 0 Å². The van der Waals surface area contributed by atoms with Crippen LogP contribution in [0.1, 0.15) is 36.0 Å². The molecule has 1 aliphatic rings. The maximum atomic E-state index is 12.5. The van der Waals surface area contributed by atoms with E-state index in [-0.39, 0.29) is 5.91 Å². The second-order valence-electron chi connectivity index (χ2n) is 6.64. The van der Waals surface area contributed by atoms with Crippen LogP contribution in [0.15, 0.2) is 53.1 Å². The number of aromatic nitrogens is 1. The Labute approximate surface area is 162 Å². The highest BCUT2D eigenvalue weighted by atomic mass is 32.1. The molecule has 7 heteroatoms. The molecule has 2 aromatic carbocycles. The SMILES string of the molecule is O=C(NNC(=S)NC1CCCC1)c1ccc2noc(-c3ccccc3)c2c1. The Morgan fingerprint density at radius 1 is 1.07 bits per heavy atom. The molecule has 1 heterocycles. The standard InChI is InChI=1S/C20H20N4O2S/c25-19(22-23-20(27)21-15-8-4-5-9-15)14-10-11-17-16(12-14)18(26-24-17)13-6-2-1-3-7-13/h1-3,6-7,10-12,15H,4-5,8-9H2,(H,22,25)(H2,21,23,27). The van der Waals surface area contributed by atoms with Gasteiger partial charge in [-0.05, 0) is 43.3 Å². The normalized spacial score (nSPS) is 14.2. The third-order valence-corrected chi connectivity index (χ3v) is 4.97. The number of hydrazine groups is 1. The van der Waals surface area contributed by atoms with Crippen molar-refractivity contribution in [3.63, 3.8) is 0 Å². The summed E-state index contributed by atoms with van der Waals surface area (Å²) in [7, 11) is 0. The van der Waals surface area contributed by atoms with Crippen molar-refractivity contribution < 1.29 is 9.32 Å². The van der Waals surface area contributed by atoms with E-state index in [0.29, 0.717) is 28.0 Å². The number of amides is 1. The first kappa shape index (κ1) is 17.5. The predicted molar refractivity (Wildman–Crippen MR) is 108 cm³/mol. The molecule has 0 spiro atoms. The minimum absolute atomic E-state index is 0.271. The highest BCUT2D eigenvalue weighted by Gasteiger charge is 2.16. The van der Waals surface area contributed by atoms with E-state index in [1.807, 2.05) is 30.3 Å². The first-order valence-electron chi connectivity index (χ1n) is 9.02. The van der Waals surface area contributed by atoms with Gasteiger partial charge in [-0.15, -0.1) is 0 Å². The molecule has 27 heavy (non-hydrogen) atoms. The van der Waals surface area contributed by atoms with Gasteiger partial charge in [0.1, 0.15) is 5.52 Å². The molecule has 1 saturated carbocycles. The number of fused-ring (bicyclic) bond motifs is 1. The smallest absolute Gasteiger partial charge is 0.269 e. The van der Waals surface area contributed by atoms with Gasteiger partial charge in [-0.3, -0.25) is 15.6 Å². The van der Waals surface area contributed by atoms with E-state index in [1.165, 1.54) is 12.8 Å². The fraction of sp³-hybridized carbons (Fsp3) is 0.250. The summed E-state index contributed by atoms with van der Waals surface area (Å²) in [6.45, 7) is 0. The van der Waals surface area contributed by atoms with E-state index in [9.17, 15) is 4.79 Å². The minimum Gasteiger partial charge on any atom is -0.359 e. The first-order chi connectivity index (χ1) is 13.2. The summed E-state index contributed by atoms with van der Waals surface area (Å²) in [6, 6.07) is 15.4. The van der Waals surface area contributed by atoms with Gasteiger partial charge in [-0.2, -0.15) is 0 Å². The third kappa shape index (κ3) is 3.93. The molecular weight excluding hydrogens is 360 g/mol. The van der Waals surface area contributed by atoms with Gasteiger partial charge in [-0.1, -0.05) is 48.3 Å². The Hall–Kier alpha value is -2.93. The van der Waals surface area contributed by atoms with Crippen LogP contribution >= 0.6 is 12.2 Å². The van der Waals surface area contributed by atoms with Crippen molar-refractivity contribution in [1.82, 2.24) is 21.3 Å². The molecule has 138 valence electrons. The average Bonchev–Trinajstić information content (AvgIpc) is 3.36. The van der Waals surface area contributed by atoms with Crippen LogP contribution in [-0.2, 0) is 0 Å². The molecule has 0 radical (unpaired) electrons. The van der Waals surface area contributed by atoms with Crippen LogP contribution in [0.5, 0.6) is 0 Å². The van der Waals surface area contributed by atoms with Crippen molar-refractivity contribution in [3.05, 3.63) is 54.1 Å². The van der Waals surface area contributed by atoms with Gasteiger partial charge in [0.25, 0.3) is 5.91 Å². The van der Waals surface area contributed by atoms with Crippen LogP contribution in [0.3, 0.4) is 0 Å². The zero-order valence-electron chi connectivity index (χ0n) is 14.7. The van der Waals surface area contributed by atoms with E-state index in [0.717, 1.165) is 23.8 Å². The highest BCUT2D eigenvalue weighted by Crippen LogP contribution is 2.29. The Bertz CT molecular complexity index is 965. The van der Waals surface area contributed by atoms with Crippen LogP contribution in [0.25, 0.3) is 22.2 Å². The fourth-order valence-corrected chi connectivity index (χ4v) is 3.58. The third-order valence-electron chi connectivity index (χ3n) is 4.75. The van der Waals surface area contributed by atoms with Crippen molar-refractivity contribution in [2.45, 2.75) is 31.7 Å². The number of nitrogens with one attached hydrogen (secondary N) is 3. The van der Waals surface area contributed by atoms with Crippen molar-refractivity contribution in [1.29, 1.82) is 0 Å². The van der Waals surface area contributed by atoms with E-state index in [2.05, 4.69) is 21.3 Å². The first-order valence-corrected chi connectivity index (χ1v) is 9.43. The van der Waals surface area contributed by atoms with Gasteiger partial charge in [-0.25, -0.2) is 0 Å². The molecule has 4 rings (SSSR count). The van der Waals surface area contributed by atoms with Crippen LogP contribution < -0.4 is 16.2 Å². The molecule has 0 unspecified atom stereocenters. The molecule has 0 aliphatic heterocycles. The number of benzene rings is 2. The Morgan fingerprint density at radius 2 is 1.85 bits per heavy atom. The fourth-order valence-electron chi connectivity index (χ4n) is 3.36. The Balaban J connectivity index is 1.46. The molecule has 1 aromatic heterocycles. The van der Waals surface area contributed by atoms with Crippen molar-refractivity contribution >= 4 is 34.1 Å². The van der Waals surface area contributed by atoms with E-state index in [4.69, 9.17) is 16.7 Å².